The number of allylic oxidation sites excluding steroid dienone is 1. The Balaban J connectivity index is 1.90. The molecular weight excluding hydrogens is 440 g/mol. The molecule has 0 spiro atoms. The number of nitrogens with zero attached hydrogens (tertiary/aromatic N) is 2. The monoisotopic (exact) mass is 464 g/mol. The fourth-order valence-electron chi connectivity index (χ4n) is 3.84. The van der Waals surface area contributed by atoms with Gasteiger partial charge in [-0.15, -0.1) is 0 Å². The van der Waals surface area contributed by atoms with Gasteiger partial charge in [0.15, 0.2) is 16.3 Å². The minimum absolute atomic E-state index is 0.227. The van der Waals surface area contributed by atoms with E-state index < -0.39 is 12.0 Å². The summed E-state index contributed by atoms with van der Waals surface area (Å²) >= 11 is 1.28. The highest BCUT2D eigenvalue weighted by atomic mass is 32.1. The largest absolute Gasteiger partial charge is 0.493 e. The van der Waals surface area contributed by atoms with E-state index in [-0.39, 0.29) is 5.56 Å². The molecule has 0 saturated carbocycles. The molecule has 1 atom stereocenters. The Bertz CT molecular complexity index is 1400. The van der Waals surface area contributed by atoms with Crippen LogP contribution in [0.3, 0.4) is 0 Å². The number of rotatable bonds is 6. The Labute approximate surface area is 194 Å². The van der Waals surface area contributed by atoms with Gasteiger partial charge in [0.25, 0.3) is 5.56 Å². The normalized spacial score (nSPS) is 15.6. The summed E-state index contributed by atoms with van der Waals surface area (Å²) in [5.74, 6) is 0.723. The van der Waals surface area contributed by atoms with Crippen LogP contribution in [0.2, 0.25) is 0 Å². The lowest BCUT2D eigenvalue weighted by atomic mass is 9.96. The minimum atomic E-state index is -0.619. The van der Waals surface area contributed by atoms with Gasteiger partial charge in [0, 0.05) is 0 Å². The summed E-state index contributed by atoms with van der Waals surface area (Å²) in [7, 11) is 2.90. The number of fused-ring (bicyclic) bond motifs is 1. The molecule has 0 amide bonds. The fraction of sp³-hybridized carbons (Fsp3) is 0.240. The minimum Gasteiger partial charge on any atom is -0.493 e. The maximum atomic E-state index is 13.5. The summed E-state index contributed by atoms with van der Waals surface area (Å²) in [5.41, 5.74) is 2.26. The number of hydrogen-bond acceptors (Lipinski definition) is 7. The van der Waals surface area contributed by atoms with E-state index in [0.29, 0.717) is 38.7 Å². The van der Waals surface area contributed by atoms with Crippen molar-refractivity contribution in [2.24, 2.45) is 4.99 Å². The van der Waals surface area contributed by atoms with Gasteiger partial charge in [-0.1, -0.05) is 47.7 Å². The number of thiazole rings is 1. The van der Waals surface area contributed by atoms with Gasteiger partial charge in [-0.3, -0.25) is 9.36 Å². The predicted molar refractivity (Wildman–Crippen MR) is 126 cm³/mol. The first-order chi connectivity index (χ1) is 16.0. The van der Waals surface area contributed by atoms with E-state index in [9.17, 15) is 9.59 Å². The van der Waals surface area contributed by atoms with E-state index in [0.717, 1.165) is 11.1 Å². The third-order valence-electron chi connectivity index (χ3n) is 5.33. The second-order valence-corrected chi connectivity index (χ2v) is 8.34. The maximum Gasteiger partial charge on any atom is 0.338 e. The van der Waals surface area contributed by atoms with Crippen LogP contribution in [0.5, 0.6) is 11.5 Å². The summed E-state index contributed by atoms with van der Waals surface area (Å²) < 4.78 is 18.1. The van der Waals surface area contributed by atoms with Gasteiger partial charge < -0.3 is 14.2 Å². The van der Waals surface area contributed by atoms with Crippen molar-refractivity contribution in [3.63, 3.8) is 0 Å². The molecule has 2 aromatic carbocycles. The fourth-order valence-corrected chi connectivity index (χ4v) is 4.89. The van der Waals surface area contributed by atoms with E-state index in [1.54, 1.807) is 24.7 Å². The number of aromatic nitrogens is 1. The molecule has 4 rings (SSSR count). The van der Waals surface area contributed by atoms with Crippen molar-refractivity contribution in [2.45, 2.75) is 19.9 Å². The molecule has 0 saturated heterocycles. The van der Waals surface area contributed by atoms with E-state index in [1.807, 2.05) is 55.5 Å². The standard InChI is InChI=1S/C25H24N2O5S/c1-5-32-18-12-11-16(13-19(18)30-3)14-20-23(28)27-22(17-9-7-6-8-10-17)21(24(29)31-4)15(2)26-25(27)33-20/h6-14,22H,5H2,1-4H3. The molecule has 0 bridgehead atoms. The first-order valence-electron chi connectivity index (χ1n) is 10.4. The molecule has 0 fully saturated rings. The quantitative estimate of drug-likeness (QED) is 0.524. The number of esters is 1. The Morgan fingerprint density at radius 1 is 1.15 bits per heavy atom. The number of carbonyl (C=O) groups is 1. The van der Waals surface area contributed by atoms with Gasteiger partial charge in [0.2, 0.25) is 0 Å². The Morgan fingerprint density at radius 2 is 1.91 bits per heavy atom. The van der Waals surface area contributed by atoms with Crippen molar-refractivity contribution in [1.82, 2.24) is 4.57 Å². The highest BCUT2D eigenvalue weighted by molar-refractivity contribution is 7.07. The van der Waals surface area contributed by atoms with Gasteiger partial charge in [-0.2, -0.15) is 0 Å². The first kappa shape index (κ1) is 22.5. The molecule has 3 aromatic rings. The van der Waals surface area contributed by atoms with Crippen molar-refractivity contribution in [3.05, 3.63) is 90.6 Å². The van der Waals surface area contributed by atoms with E-state index in [2.05, 4.69) is 4.99 Å². The van der Waals surface area contributed by atoms with Crippen molar-refractivity contribution < 1.29 is 19.0 Å². The zero-order valence-corrected chi connectivity index (χ0v) is 19.6. The van der Waals surface area contributed by atoms with Gasteiger partial charge in [0.1, 0.15) is 0 Å². The molecule has 1 aliphatic rings. The lowest BCUT2D eigenvalue weighted by Crippen LogP contribution is -2.39. The lowest BCUT2D eigenvalue weighted by Gasteiger charge is -2.24. The van der Waals surface area contributed by atoms with Gasteiger partial charge in [-0.05, 0) is 43.2 Å². The van der Waals surface area contributed by atoms with Crippen molar-refractivity contribution in [2.75, 3.05) is 20.8 Å². The van der Waals surface area contributed by atoms with Crippen molar-refractivity contribution >= 4 is 23.4 Å². The van der Waals surface area contributed by atoms with Crippen LogP contribution in [0.25, 0.3) is 6.08 Å². The first-order valence-corrected chi connectivity index (χ1v) is 11.3. The Hall–Kier alpha value is -3.65. The number of carbonyl (C=O) groups excluding carboxylic acids is 1. The molecule has 7 nitrogen and oxygen atoms in total. The number of benzene rings is 2. The van der Waals surface area contributed by atoms with Crippen molar-refractivity contribution in [3.8, 4) is 11.5 Å². The number of methoxy groups -OCH3 is 2. The van der Waals surface area contributed by atoms with Crippen LogP contribution in [-0.2, 0) is 9.53 Å². The second-order valence-electron chi connectivity index (χ2n) is 7.33. The highest BCUT2D eigenvalue weighted by Crippen LogP contribution is 2.31. The smallest absolute Gasteiger partial charge is 0.338 e. The van der Waals surface area contributed by atoms with E-state index >= 15 is 0 Å². The number of ether oxygens (including phenoxy) is 3. The van der Waals surface area contributed by atoms with Crippen molar-refractivity contribution in [1.29, 1.82) is 0 Å². The lowest BCUT2D eigenvalue weighted by molar-refractivity contribution is -0.136. The van der Waals surface area contributed by atoms with Gasteiger partial charge in [-0.25, -0.2) is 9.79 Å². The van der Waals surface area contributed by atoms with Crippen LogP contribution < -0.4 is 24.4 Å². The molecule has 2 heterocycles. The summed E-state index contributed by atoms with van der Waals surface area (Å²) in [6, 6.07) is 14.3. The van der Waals surface area contributed by atoms with Crippen LogP contribution >= 0.6 is 11.3 Å². The summed E-state index contributed by atoms with van der Waals surface area (Å²) in [4.78, 5) is 31.3. The van der Waals surface area contributed by atoms with Crippen LogP contribution in [0, 0.1) is 0 Å². The summed E-state index contributed by atoms with van der Waals surface area (Å²) in [6.45, 7) is 4.19. The van der Waals surface area contributed by atoms with E-state index in [1.165, 1.54) is 18.4 Å². The van der Waals surface area contributed by atoms with Crippen LogP contribution in [0.15, 0.2) is 69.6 Å². The predicted octanol–water partition coefficient (Wildman–Crippen LogP) is 2.82. The Kier molecular flexibility index (Phi) is 6.46. The zero-order valence-electron chi connectivity index (χ0n) is 18.8. The molecule has 170 valence electrons. The average Bonchev–Trinajstić information content (AvgIpc) is 3.13. The highest BCUT2D eigenvalue weighted by Gasteiger charge is 2.32. The molecule has 0 aliphatic carbocycles. The third-order valence-corrected chi connectivity index (χ3v) is 6.31. The molecule has 33 heavy (non-hydrogen) atoms. The zero-order chi connectivity index (χ0) is 23.5. The van der Waals surface area contributed by atoms with Gasteiger partial charge >= 0.3 is 5.97 Å². The maximum absolute atomic E-state index is 13.5. The molecule has 1 aromatic heterocycles. The molecular formula is C25H24N2O5S. The average molecular weight is 465 g/mol. The molecule has 1 aliphatic heterocycles. The second kappa shape index (κ2) is 9.46. The summed E-state index contributed by atoms with van der Waals surface area (Å²) in [5, 5.41) is 0. The van der Waals surface area contributed by atoms with Crippen LogP contribution in [0.1, 0.15) is 31.0 Å². The number of hydrogen-bond donors (Lipinski definition) is 0. The van der Waals surface area contributed by atoms with Gasteiger partial charge in [0.05, 0.1) is 42.7 Å². The molecule has 8 heteroatoms. The third kappa shape index (κ3) is 4.21. The Morgan fingerprint density at radius 3 is 2.58 bits per heavy atom. The van der Waals surface area contributed by atoms with E-state index in [4.69, 9.17) is 14.2 Å². The molecule has 0 N–H and O–H groups in total. The van der Waals surface area contributed by atoms with Crippen LogP contribution in [0.4, 0.5) is 0 Å². The van der Waals surface area contributed by atoms with Crippen LogP contribution in [-0.4, -0.2) is 31.4 Å². The summed E-state index contributed by atoms with van der Waals surface area (Å²) in [6.07, 6.45) is 1.79. The molecule has 0 radical (unpaired) electrons. The SMILES string of the molecule is CCOc1ccc(C=c2sc3n(c2=O)C(c2ccccc2)C(C(=O)OC)=C(C)N=3)cc1OC. The molecule has 1 unspecified atom stereocenters. The topological polar surface area (TPSA) is 79.1 Å².